The van der Waals surface area contributed by atoms with Crippen molar-refractivity contribution in [2.45, 2.75) is 32.8 Å². The number of hydrogen-bond acceptors (Lipinski definition) is 7. The molecule has 0 radical (unpaired) electrons. The minimum Gasteiger partial charge on any atom is -0.494 e. The van der Waals surface area contributed by atoms with Crippen molar-refractivity contribution in [3.05, 3.63) is 48.0 Å². The van der Waals surface area contributed by atoms with Gasteiger partial charge in [0, 0.05) is 23.7 Å². The van der Waals surface area contributed by atoms with Crippen LogP contribution in [0.25, 0.3) is 0 Å². The Morgan fingerprint density at radius 3 is 2.50 bits per heavy atom. The summed E-state index contributed by atoms with van der Waals surface area (Å²) in [6.45, 7) is 4.02. The summed E-state index contributed by atoms with van der Waals surface area (Å²) in [6, 6.07) is 11.7. The third kappa shape index (κ3) is 5.50. The number of hydrogen-bond donors (Lipinski definition) is 1. The maximum Gasteiger partial charge on any atom is 0.307 e. The van der Waals surface area contributed by atoms with Gasteiger partial charge in [-0.15, -0.1) is 0 Å². The number of fused-ring (bicyclic) bond motifs is 1. The Balaban J connectivity index is 1.44. The fourth-order valence-corrected chi connectivity index (χ4v) is 2.79. The van der Waals surface area contributed by atoms with Crippen LogP contribution in [0.4, 0.5) is 5.69 Å². The van der Waals surface area contributed by atoms with Crippen LogP contribution in [0.1, 0.15) is 37.0 Å². The second-order valence-corrected chi connectivity index (χ2v) is 6.57. The molecule has 2 aromatic carbocycles. The van der Waals surface area contributed by atoms with Crippen molar-refractivity contribution in [2.24, 2.45) is 0 Å². The van der Waals surface area contributed by atoms with Gasteiger partial charge in [0.15, 0.2) is 23.4 Å². The number of amides is 1. The Morgan fingerprint density at radius 1 is 1.03 bits per heavy atom. The van der Waals surface area contributed by atoms with Gasteiger partial charge in [0.05, 0.1) is 13.0 Å². The minimum absolute atomic E-state index is 0.0106. The number of nitrogens with one attached hydrogen (secondary N) is 1. The number of rotatable bonds is 9. The molecule has 1 atom stereocenters. The molecule has 1 aliphatic heterocycles. The van der Waals surface area contributed by atoms with Gasteiger partial charge in [0.1, 0.15) is 5.75 Å². The van der Waals surface area contributed by atoms with Gasteiger partial charge in [-0.3, -0.25) is 14.4 Å². The molecule has 2 aromatic rings. The van der Waals surface area contributed by atoms with Gasteiger partial charge in [0.2, 0.25) is 6.79 Å². The van der Waals surface area contributed by atoms with E-state index in [9.17, 15) is 14.4 Å². The van der Waals surface area contributed by atoms with Gasteiger partial charge in [-0.05, 0) is 50.2 Å². The van der Waals surface area contributed by atoms with E-state index in [2.05, 4.69) is 5.32 Å². The van der Waals surface area contributed by atoms with Crippen LogP contribution in [-0.4, -0.2) is 37.2 Å². The molecule has 1 aliphatic rings. The van der Waals surface area contributed by atoms with Gasteiger partial charge in [-0.25, -0.2) is 0 Å². The van der Waals surface area contributed by atoms with Gasteiger partial charge in [-0.1, -0.05) is 0 Å². The van der Waals surface area contributed by atoms with E-state index in [1.54, 1.807) is 42.5 Å². The summed E-state index contributed by atoms with van der Waals surface area (Å²) in [7, 11) is 0. The van der Waals surface area contributed by atoms with Crippen molar-refractivity contribution in [3.8, 4) is 17.2 Å². The number of benzene rings is 2. The predicted molar refractivity (Wildman–Crippen MR) is 108 cm³/mol. The molecule has 1 N–H and O–H groups in total. The average Bonchev–Trinajstić information content (AvgIpc) is 3.20. The summed E-state index contributed by atoms with van der Waals surface area (Å²) in [5.74, 6) is 0.515. The zero-order chi connectivity index (χ0) is 21.5. The molecule has 30 heavy (non-hydrogen) atoms. The highest BCUT2D eigenvalue weighted by Crippen LogP contribution is 2.34. The summed E-state index contributed by atoms with van der Waals surface area (Å²) < 4.78 is 20.9. The molecule has 1 heterocycles. The molecule has 0 bridgehead atoms. The molecule has 8 nitrogen and oxygen atoms in total. The van der Waals surface area contributed by atoms with Gasteiger partial charge >= 0.3 is 5.97 Å². The quantitative estimate of drug-likeness (QED) is 0.497. The molecule has 0 aliphatic carbocycles. The Hall–Kier alpha value is -3.55. The number of carbonyl (C=O) groups is 3. The maximum absolute atomic E-state index is 12.3. The summed E-state index contributed by atoms with van der Waals surface area (Å²) in [5.41, 5.74) is 0.984. The van der Waals surface area contributed by atoms with Crippen LogP contribution in [0.3, 0.4) is 0 Å². The normalized spacial score (nSPS) is 12.7. The van der Waals surface area contributed by atoms with E-state index in [1.165, 1.54) is 6.92 Å². The Bertz CT molecular complexity index is 924. The first-order chi connectivity index (χ1) is 14.5. The highest BCUT2D eigenvalue weighted by Gasteiger charge is 2.20. The van der Waals surface area contributed by atoms with Crippen LogP contribution < -0.4 is 19.5 Å². The number of ether oxygens (including phenoxy) is 4. The highest BCUT2D eigenvalue weighted by molar-refractivity contribution is 5.98. The summed E-state index contributed by atoms with van der Waals surface area (Å²) in [5, 5.41) is 2.65. The molecule has 3 rings (SSSR count). The molecule has 0 unspecified atom stereocenters. The standard InChI is InChI=1S/C22H23NO7/c1-3-27-17-7-4-15(5-8-17)18(24)9-11-21(25)30-14(2)22(26)23-16-6-10-19-20(12-16)29-13-28-19/h4-8,10,12,14H,3,9,11,13H2,1-2H3,(H,23,26)/t14-/m0/s1. The molecule has 0 saturated heterocycles. The van der Waals surface area contributed by atoms with Gasteiger partial charge in [-0.2, -0.15) is 0 Å². The van der Waals surface area contributed by atoms with Crippen LogP contribution in [0.2, 0.25) is 0 Å². The van der Waals surface area contributed by atoms with Crippen LogP contribution in [0.15, 0.2) is 42.5 Å². The second kappa shape index (κ2) is 9.78. The first-order valence-electron chi connectivity index (χ1n) is 9.62. The van der Waals surface area contributed by atoms with Crippen molar-refractivity contribution in [1.82, 2.24) is 0 Å². The van der Waals surface area contributed by atoms with Crippen LogP contribution >= 0.6 is 0 Å². The summed E-state index contributed by atoms with van der Waals surface area (Å²) in [6.07, 6.45) is -1.14. The average molecular weight is 413 g/mol. The summed E-state index contributed by atoms with van der Waals surface area (Å²) >= 11 is 0. The lowest BCUT2D eigenvalue weighted by molar-refractivity contribution is -0.153. The molecule has 1 amide bonds. The van der Waals surface area contributed by atoms with E-state index < -0.39 is 18.0 Å². The lowest BCUT2D eigenvalue weighted by Crippen LogP contribution is -2.30. The van der Waals surface area contributed by atoms with Crippen LogP contribution in [0, 0.1) is 0 Å². The fourth-order valence-electron chi connectivity index (χ4n) is 2.79. The SMILES string of the molecule is CCOc1ccc(C(=O)CCC(=O)O[C@@H](C)C(=O)Nc2ccc3c(c2)OCO3)cc1. The molecular weight excluding hydrogens is 390 g/mol. The zero-order valence-electron chi connectivity index (χ0n) is 16.8. The van der Waals surface area contributed by atoms with E-state index in [0.29, 0.717) is 35.1 Å². The van der Waals surface area contributed by atoms with Gasteiger partial charge < -0.3 is 24.3 Å². The third-order valence-electron chi connectivity index (χ3n) is 4.36. The predicted octanol–water partition coefficient (Wildman–Crippen LogP) is 3.35. The van der Waals surface area contributed by atoms with Crippen molar-refractivity contribution in [2.75, 3.05) is 18.7 Å². The smallest absolute Gasteiger partial charge is 0.307 e. The first kappa shape index (κ1) is 21.2. The number of esters is 1. The molecule has 0 aromatic heterocycles. The lowest BCUT2D eigenvalue weighted by atomic mass is 10.1. The largest absolute Gasteiger partial charge is 0.494 e. The van der Waals surface area contributed by atoms with Crippen LogP contribution in [-0.2, 0) is 14.3 Å². The van der Waals surface area contributed by atoms with Crippen molar-refractivity contribution in [1.29, 1.82) is 0 Å². The number of anilines is 1. The van der Waals surface area contributed by atoms with E-state index in [0.717, 1.165) is 0 Å². The third-order valence-corrected chi connectivity index (χ3v) is 4.36. The van der Waals surface area contributed by atoms with Crippen LogP contribution in [0.5, 0.6) is 17.2 Å². The van der Waals surface area contributed by atoms with E-state index >= 15 is 0 Å². The number of Topliss-reactive ketones (excluding diaryl/α,β-unsaturated/α-hetero) is 1. The van der Waals surface area contributed by atoms with Gasteiger partial charge in [0.25, 0.3) is 5.91 Å². The van der Waals surface area contributed by atoms with Crippen molar-refractivity contribution >= 4 is 23.3 Å². The summed E-state index contributed by atoms with van der Waals surface area (Å²) in [4.78, 5) is 36.5. The Morgan fingerprint density at radius 2 is 1.77 bits per heavy atom. The maximum atomic E-state index is 12.3. The molecule has 0 saturated carbocycles. The van der Waals surface area contributed by atoms with Crippen molar-refractivity contribution < 1.29 is 33.3 Å². The molecule has 158 valence electrons. The molecule has 0 spiro atoms. The number of carbonyl (C=O) groups excluding carboxylic acids is 3. The van der Waals surface area contributed by atoms with E-state index in [-0.39, 0.29) is 25.4 Å². The topological polar surface area (TPSA) is 100 Å². The monoisotopic (exact) mass is 413 g/mol. The second-order valence-electron chi connectivity index (χ2n) is 6.57. The van der Waals surface area contributed by atoms with E-state index in [4.69, 9.17) is 18.9 Å². The molecular formula is C22H23NO7. The fraction of sp³-hybridized carbons (Fsp3) is 0.318. The lowest BCUT2D eigenvalue weighted by Gasteiger charge is -2.13. The number of ketones is 1. The van der Waals surface area contributed by atoms with E-state index in [1.807, 2.05) is 6.92 Å². The highest BCUT2D eigenvalue weighted by atomic mass is 16.7. The first-order valence-corrected chi connectivity index (χ1v) is 9.62. The minimum atomic E-state index is -1.01. The molecule has 0 fully saturated rings. The molecule has 8 heteroatoms. The zero-order valence-corrected chi connectivity index (χ0v) is 16.8. The van der Waals surface area contributed by atoms with Crippen molar-refractivity contribution in [3.63, 3.8) is 0 Å². The Labute approximate surface area is 174 Å². The Kier molecular flexibility index (Phi) is 6.90.